The summed E-state index contributed by atoms with van der Waals surface area (Å²) in [7, 11) is 3.19. The summed E-state index contributed by atoms with van der Waals surface area (Å²) in [5.74, 6) is -1.19. The second-order valence-electron chi connectivity index (χ2n) is 8.19. The van der Waals surface area contributed by atoms with Gasteiger partial charge in [0.05, 0.1) is 24.6 Å². The Balaban J connectivity index is 1.70. The van der Waals surface area contributed by atoms with Crippen molar-refractivity contribution in [3.05, 3.63) is 99.3 Å². The van der Waals surface area contributed by atoms with E-state index in [0.717, 1.165) is 5.39 Å². The summed E-state index contributed by atoms with van der Waals surface area (Å²) in [6.07, 6.45) is -0.138. The molecule has 1 aliphatic rings. The van der Waals surface area contributed by atoms with Crippen LogP contribution in [-0.2, 0) is 11.8 Å². The van der Waals surface area contributed by atoms with E-state index in [1.807, 2.05) is 6.07 Å². The van der Waals surface area contributed by atoms with Crippen LogP contribution >= 0.6 is 0 Å². The molecular formula is C27H21NO6. The molecule has 0 bridgehead atoms. The highest BCUT2D eigenvalue weighted by Gasteiger charge is 2.35. The molecule has 0 saturated heterocycles. The van der Waals surface area contributed by atoms with Crippen LogP contribution in [0.2, 0.25) is 0 Å². The number of phenols is 1. The van der Waals surface area contributed by atoms with Crippen LogP contribution in [0, 0.1) is 0 Å². The number of carbonyl (C=O) groups excluding carboxylic acids is 2. The molecule has 7 heteroatoms. The first-order valence-corrected chi connectivity index (χ1v) is 10.7. The van der Waals surface area contributed by atoms with Crippen LogP contribution in [0.15, 0.2) is 71.5 Å². The van der Waals surface area contributed by atoms with Crippen LogP contribution < -0.4 is 15.0 Å². The SMILES string of the molecule is COc1ccc2cc([C@H]3CC(=O)Oc4ccc(C(=O)c5ccccc5)c(O)c43)c(=O)n(C)c2c1. The Kier molecular flexibility index (Phi) is 5.17. The Labute approximate surface area is 194 Å². The minimum Gasteiger partial charge on any atom is -0.507 e. The van der Waals surface area contributed by atoms with Crippen molar-refractivity contribution in [1.82, 2.24) is 4.57 Å². The lowest BCUT2D eigenvalue weighted by molar-refractivity contribution is -0.135. The molecule has 0 fully saturated rings. The van der Waals surface area contributed by atoms with Crippen molar-refractivity contribution in [1.29, 1.82) is 0 Å². The van der Waals surface area contributed by atoms with Gasteiger partial charge in [-0.25, -0.2) is 0 Å². The van der Waals surface area contributed by atoms with Gasteiger partial charge >= 0.3 is 5.97 Å². The maximum absolute atomic E-state index is 13.4. The fourth-order valence-electron chi connectivity index (χ4n) is 4.49. The lowest BCUT2D eigenvalue weighted by Crippen LogP contribution is -2.29. The first kappa shape index (κ1) is 21.5. The van der Waals surface area contributed by atoms with E-state index < -0.39 is 11.9 Å². The minimum absolute atomic E-state index is 0.0789. The quantitative estimate of drug-likeness (QED) is 0.285. The van der Waals surface area contributed by atoms with E-state index in [4.69, 9.17) is 9.47 Å². The molecule has 4 aromatic rings. The van der Waals surface area contributed by atoms with E-state index in [1.165, 1.54) is 16.7 Å². The topological polar surface area (TPSA) is 94.8 Å². The summed E-state index contributed by atoms with van der Waals surface area (Å²) in [4.78, 5) is 38.9. The number of fused-ring (bicyclic) bond motifs is 2. The molecule has 7 nitrogen and oxygen atoms in total. The first-order chi connectivity index (χ1) is 16.4. The van der Waals surface area contributed by atoms with Gasteiger partial charge in [0.25, 0.3) is 5.56 Å². The molecule has 0 spiro atoms. The zero-order valence-electron chi connectivity index (χ0n) is 18.6. The van der Waals surface area contributed by atoms with Crippen molar-refractivity contribution in [2.24, 2.45) is 7.05 Å². The van der Waals surface area contributed by atoms with Gasteiger partial charge in [0.2, 0.25) is 0 Å². The average Bonchev–Trinajstić information content (AvgIpc) is 2.85. The summed E-state index contributed by atoms with van der Waals surface area (Å²) < 4.78 is 12.1. The van der Waals surface area contributed by atoms with Crippen molar-refractivity contribution < 1.29 is 24.2 Å². The Morgan fingerprint density at radius 1 is 1.06 bits per heavy atom. The number of aromatic nitrogens is 1. The van der Waals surface area contributed by atoms with E-state index >= 15 is 0 Å². The van der Waals surface area contributed by atoms with Crippen molar-refractivity contribution in [2.75, 3.05) is 7.11 Å². The normalized spacial score (nSPS) is 15.0. The summed E-state index contributed by atoms with van der Waals surface area (Å²) in [5.41, 5.74) is 1.44. The molecule has 0 amide bonds. The van der Waals surface area contributed by atoms with E-state index in [9.17, 15) is 19.5 Å². The van der Waals surface area contributed by atoms with Gasteiger partial charge in [-0.15, -0.1) is 0 Å². The number of hydrogen-bond acceptors (Lipinski definition) is 6. The van der Waals surface area contributed by atoms with E-state index in [2.05, 4.69) is 0 Å². The Hall–Kier alpha value is -4.39. The Morgan fingerprint density at radius 2 is 1.82 bits per heavy atom. The number of carbonyl (C=O) groups is 2. The van der Waals surface area contributed by atoms with Crippen LogP contribution in [-0.4, -0.2) is 28.5 Å². The molecule has 1 aromatic heterocycles. The second-order valence-corrected chi connectivity index (χ2v) is 8.19. The number of ether oxygens (including phenoxy) is 2. The maximum Gasteiger partial charge on any atom is 0.312 e. The zero-order chi connectivity index (χ0) is 24.0. The van der Waals surface area contributed by atoms with E-state index in [-0.39, 0.29) is 40.4 Å². The highest BCUT2D eigenvalue weighted by molar-refractivity contribution is 6.11. The molecule has 0 saturated carbocycles. The molecule has 0 radical (unpaired) electrons. The number of methoxy groups -OCH3 is 1. The third kappa shape index (κ3) is 3.42. The van der Waals surface area contributed by atoms with Gasteiger partial charge < -0.3 is 19.1 Å². The zero-order valence-corrected chi connectivity index (χ0v) is 18.6. The molecule has 1 N–H and O–H groups in total. The first-order valence-electron chi connectivity index (χ1n) is 10.7. The van der Waals surface area contributed by atoms with Gasteiger partial charge in [-0.2, -0.15) is 0 Å². The standard InChI is InChI=1S/C27H21NO6/c1-28-21-13-17(33-2)9-8-16(21)12-20(27(28)32)19-14-23(29)34-22-11-10-18(26(31)24(19)22)25(30)15-6-4-3-5-7-15/h3-13,19,31H,14H2,1-2H3/t19-/m1/s1. The lowest BCUT2D eigenvalue weighted by Gasteiger charge is -2.26. The van der Waals surface area contributed by atoms with Gasteiger partial charge in [-0.1, -0.05) is 30.3 Å². The van der Waals surface area contributed by atoms with Crippen LogP contribution in [0.4, 0.5) is 0 Å². The largest absolute Gasteiger partial charge is 0.507 e. The van der Waals surface area contributed by atoms with E-state index in [0.29, 0.717) is 22.4 Å². The monoisotopic (exact) mass is 455 g/mol. The number of ketones is 1. The number of aryl methyl sites for hydroxylation is 1. The number of rotatable bonds is 4. The number of aromatic hydroxyl groups is 1. The summed E-state index contributed by atoms with van der Waals surface area (Å²) >= 11 is 0. The predicted molar refractivity (Wildman–Crippen MR) is 126 cm³/mol. The smallest absolute Gasteiger partial charge is 0.312 e. The molecule has 170 valence electrons. The van der Waals surface area contributed by atoms with Gasteiger partial charge in [-0.3, -0.25) is 14.4 Å². The molecule has 1 aliphatic heterocycles. The molecule has 0 aliphatic carbocycles. The molecular weight excluding hydrogens is 434 g/mol. The van der Waals surface area contributed by atoms with Gasteiger partial charge in [0.15, 0.2) is 5.78 Å². The molecule has 0 unspecified atom stereocenters. The highest BCUT2D eigenvalue weighted by atomic mass is 16.5. The Morgan fingerprint density at radius 3 is 2.56 bits per heavy atom. The number of phenolic OH excluding ortho intramolecular Hbond substituents is 1. The maximum atomic E-state index is 13.4. The van der Waals surface area contributed by atoms with Gasteiger partial charge in [0, 0.05) is 35.7 Å². The van der Waals surface area contributed by atoms with Crippen molar-refractivity contribution in [3.8, 4) is 17.2 Å². The lowest BCUT2D eigenvalue weighted by atomic mass is 9.84. The highest BCUT2D eigenvalue weighted by Crippen LogP contribution is 2.45. The minimum atomic E-state index is -0.773. The number of esters is 1. The second kappa shape index (κ2) is 8.19. The summed E-state index contributed by atoms with van der Waals surface area (Å²) in [6, 6.07) is 18.6. The third-order valence-electron chi connectivity index (χ3n) is 6.24. The molecule has 3 aromatic carbocycles. The Bertz CT molecular complexity index is 1520. The van der Waals surface area contributed by atoms with Crippen LogP contribution in [0.3, 0.4) is 0 Å². The van der Waals surface area contributed by atoms with Crippen molar-refractivity contribution >= 4 is 22.7 Å². The van der Waals surface area contributed by atoms with Crippen molar-refractivity contribution in [3.63, 3.8) is 0 Å². The number of hydrogen-bond donors (Lipinski definition) is 1. The van der Waals surface area contributed by atoms with Crippen LogP contribution in [0.25, 0.3) is 10.9 Å². The van der Waals surface area contributed by atoms with Gasteiger partial charge in [0.1, 0.15) is 17.2 Å². The third-order valence-corrected chi connectivity index (χ3v) is 6.24. The number of pyridine rings is 1. The fraction of sp³-hybridized carbons (Fsp3) is 0.148. The number of nitrogens with zero attached hydrogens (tertiary/aromatic N) is 1. The van der Waals surface area contributed by atoms with Crippen LogP contribution in [0.1, 0.15) is 39.4 Å². The summed E-state index contributed by atoms with van der Waals surface area (Å²) in [5, 5.41) is 12.0. The van der Waals surface area contributed by atoms with Crippen LogP contribution in [0.5, 0.6) is 17.2 Å². The predicted octanol–water partition coefficient (Wildman–Crippen LogP) is 3.92. The van der Waals surface area contributed by atoms with Crippen molar-refractivity contribution in [2.45, 2.75) is 12.3 Å². The molecule has 34 heavy (non-hydrogen) atoms. The molecule has 1 atom stereocenters. The fourth-order valence-corrected chi connectivity index (χ4v) is 4.49. The van der Waals surface area contributed by atoms with Gasteiger partial charge in [-0.05, 0) is 35.7 Å². The molecule has 5 rings (SSSR count). The number of benzene rings is 3. The average molecular weight is 455 g/mol. The summed E-state index contributed by atoms with van der Waals surface area (Å²) in [6.45, 7) is 0. The van der Waals surface area contributed by atoms with E-state index in [1.54, 1.807) is 62.7 Å². The molecule has 2 heterocycles.